The van der Waals surface area contributed by atoms with Gasteiger partial charge in [-0.05, 0) is 30.0 Å². The van der Waals surface area contributed by atoms with Crippen molar-refractivity contribution < 1.29 is 85.2 Å². The number of aliphatic carboxylic acids is 1. The topological polar surface area (TPSA) is 75.5 Å². The van der Waals surface area contributed by atoms with Gasteiger partial charge in [0.2, 0.25) is 0 Å². The van der Waals surface area contributed by atoms with Gasteiger partial charge in [0.1, 0.15) is 0 Å². The van der Waals surface area contributed by atoms with Crippen LogP contribution >= 0.6 is 25.3 Å². The Hall–Kier alpha value is 1.25. The molecular formula is C13H14BrClKNO3Pt. The van der Waals surface area contributed by atoms with Crippen molar-refractivity contribution in [3.63, 3.8) is 0 Å². The van der Waals surface area contributed by atoms with Crippen LogP contribution in [-0.2, 0) is 23.6 Å². The number of carbonyl (C=O) groups is 1. The molecule has 0 unspecified atom stereocenters. The van der Waals surface area contributed by atoms with Crippen LogP contribution in [0.4, 0.5) is 0 Å². The van der Waals surface area contributed by atoms with Gasteiger partial charge in [0.05, 0.1) is 12.0 Å². The summed E-state index contributed by atoms with van der Waals surface area (Å²) < 4.78 is 0.748. The third kappa shape index (κ3) is 10.6. The summed E-state index contributed by atoms with van der Waals surface area (Å²) in [5, 5.41) is 22.4. The van der Waals surface area contributed by atoms with Gasteiger partial charge in [-0.25, -0.2) is 0 Å². The molecule has 0 aliphatic heterocycles. The minimum atomic E-state index is -1.22. The van der Waals surface area contributed by atoms with Crippen LogP contribution in [0.25, 0.3) is 0 Å². The van der Waals surface area contributed by atoms with Gasteiger partial charge in [-0.15, -0.1) is 0 Å². The van der Waals surface area contributed by atoms with Gasteiger partial charge in [0.25, 0.3) is 0 Å². The van der Waals surface area contributed by atoms with Crippen LogP contribution < -0.4 is 61.6 Å². The monoisotopic (exact) mass is 580 g/mol. The Bertz CT molecular complexity index is 475. The summed E-state index contributed by atoms with van der Waals surface area (Å²) in [5.41, 5.74) is 0.361. The standard InChI is InChI=1S/C13H16BrNO3.ClH.K.Pt/c1-8(2)5-11(13(17)18)15-7-9-6-10(14)3-4-12(9)16;;;/h3-4,6-8,11,16H,5H2,1-2H3,(H,17,18);1H;;/q;;+1;+2/p-3/t11-;;;/m0.../s1. The molecule has 8 heteroatoms. The maximum atomic E-state index is 11.5. The molecule has 0 bridgehead atoms. The number of nitrogens with zero attached hydrogens (tertiary/aromatic N) is 1. The molecule has 0 aliphatic rings. The molecule has 0 fully saturated rings. The molecule has 0 N–H and O–H groups in total. The fraction of sp³-hybridized carbons (Fsp3) is 0.385. The fourth-order valence-corrected chi connectivity index (χ4v) is 1.83. The number of carboxylic acids is 1. The molecule has 1 rings (SSSR count). The van der Waals surface area contributed by atoms with E-state index in [1.807, 2.05) is 13.8 Å². The summed E-state index contributed by atoms with van der Waals surface area (Å²) in [4.78, 5) is 14.8. The molecule has 114 valence electrons. The van der Waals surface area contributed by atoms with E-state index in [9.17, 15) is 15.0 Å². The van der Waals surface area contributed by atoms with Crippen molar-refractivity contribution in [2.24, 2.45) is 10.9 Å². The van der Waals surface area contributed by atoms with E-state index in [2.05, 4.69) is 30.3 Å². The normalized spacial score (nSPS) is 11.6. The molecule has 0 spiro atoms. The van der Waals surface area contributed by atoms with Crippen molar-refractivity contribution in [1.82, 2.24) is 0 Å². The number of aliphatic imine (C=N–C) groups is 1. The predicted molar refractivity (Wildman–Crippen MR) is 75.3 cm³/mol. The Morgan fingerprint density at radius 3 is 2.52 bits per heavy atom. The minimum absolute atomic E-state index is 0. The van der Waals surface area contributed by atoms with Gasteiger partial charge in [-0.2, -0.15) is 0 Å². The van der Waals surface area contributed by atoms with E-state index in [0.717, 1.165) is 4.47 Å². The first-order valence-electron chi connectivity index (χ1n) is 5.72. The molecule has 0 radical (unpaired) electrons. The Kier molecular flexibility index (Phi) is 16.0. The van der Waals surface area contributed by atoms with Crippen LogP contribution in [0.1, 0.15) is 25.8 Å². The quantitative estimate of drug-likeness (QED) is 0.324. The molecule has 1 aromatic rings. The van der Waals surface area contributed by atoms with Crippen LogP contribution in [0.5, 0.6) is 5.75 Å². The van der Waals surface area contributed by atoms with Crippen LogP contribution in [0.2, 0.25) is 0 Å². The van der Waals surface area contributed by atoms with Crippen LogP contribution in [0.15, 0.2) is 27.7 Å². The van der Waals surface area contributed by atoms with Gasteiger partial charge < -0.3 is 15.0 Å². The van der Waals surface area contributed by atoms with E-state index in [1.54, 1.807) is 30.9 Å². The van der Waals surface area contributed by atoms with Crippen molar-refractivity contribution >= 4 is 37.5 Å². The average molecular weight is 582 g/mol. The van der Waals surface area contributed by atoms with Gasteiger partial charge >= 0.3 is 79.6 Å². The molecule has 0 heterocycles. The largest absolute Gasteiger partial charge is 1.00 e. The number of hydrogen-bond acceptors (Lipinski definition) is 4. The first-order chi connectivity index (χ1) is 9.40. The third-order valence-electron chi connectivity index (χ3n) is 2.33. The maximum absolute atomic E-state index is 11.5. The van der Waals surface area contributed by atoms with Gasteiger partial charge in [-0.3, -0.25) is 4.99 Å². The summed E-state index contributed by atoms with van der Waals surface area (Å²) >= 11 is 4.85. The molecule has 21 heavy (non-hydrogen) atoms. The van der Waals surface area contributed by atoms with Crippen molar-refractivity contribution in [1.29, 1.82) is 0 Å². The first kappa shape index (κ1) is 24.5. The Labute approximate surface area is 191 Å². The summed E-state index contributed by atoms with van der Waals surface area (Å²) in [6, 6.07) is 3.72. The second-order valence-electron chi connectivity index (χ2n) is 4.42. The summed E-state index contributed by atoms with van der Waals surface area (Å²) in [6.45, 7) is 3.81. The Morgan fingerprint density at radius 2 is 2.05 bits per heavy atom. The Balaban J connectivity index is 0. The van der Waals surface area contributed by atoms with Gasteiger partial charge in [-0.1, -0.05) is 41.6 Å². The van der Waals surface area contributed by atoms with Gasteiger partial charge in [0.15, 0.2) is 0 Å². The molecule has 1 aromatic carbocycles. The van der Waals surface area contributed by atoms with Crippen LogP contribution in [0, 0.1) is 5.92 Å². The zero-order valence-electron chi connectivity index (χ0n) is 11.9. The summed E-state index contributed by atoms with van der Waals surface area (Å²) in [7, 11) is 4.61. The van der Waals surface area contributed by atoms with E-state index in [-0.39, 0.29) is 63.1 Å². The average Bonchev–Trinajstić information content (AvgIpc) is 2.39. The maximum Gasteiger partial charge on any atom is 1.00 e. The van der Waals surface area contributed by atoms with E-state index >= 15 is 0 Å². The van der Waals surface area contributed by atoms with E-state index in [0.29, 0.717) is 12.0 Å². The number of hydrogen-bond donors (Lipinski definition) is 0. The fourth-order valence-electron chi connectivity index (χ4n) is 1.45. The van der Waals surface area contributed by atoms with Crippen LogP contribution in [0.3, 0.4) is 0 Å². The number of halogens is 2. The molecule has 4 nitrogen and oxygen atoms in total. The predicted octanol–water partition coefficient (Wildman–Crippen LogP) is -1.20. The number of carbonyl (C=O) groups excluding carboxylic acids is 1. The molecule has 1 atom stereocenters. The van der Waals surface area contributed by atoms with E-state index in [1.165, 1.54) is 12.3 Å². The zero-order chi connectivity index (χ0) is 15.7. The molecule has 0 amide bonds. The molecule has 0 aliphatic carbocycles. The van der Waals surface area contributed by atoms with Crippen LogP contribution in [-0.4, -0.2) is 18.2 Å². The SMILES string of the molecule is CC(C)C[C@H](N=Cc1cc(Br)ccc1[O-])C(=O)[O-].[Cl][Pt+].[K+]. The van der Waals surface area contributed by atoms with Crippen molar-refractivity contribution in [3.8, 4) is 5.75 Å². The second kappa shape index (κ2) is 13.7. The molecule has 0 saturated heterocycles. The summed E-state index contributed by atoms with van der Waals surface area (Å²) in [5.74, 6) is -1.22. The number of rotatable bonds is 5. The second-order valence-corrected chi connectivity index (χ2v) is 5.34. The number of carboxylic acid groups (broad SMARTS) is 1. The van der Waals surface area contributed by atoms with Gasteiger partial charge in [0, 0.05) is 10.7 Å². The summed E-state index contributed by atoms with van der Waals surface area (Å²) in [6.07, 6.45) is 1.69. The van der Waals surface area contributed by atoms with E-state index < -0.39 is 12.0 Å². The smallest absolute Gasteiger partial charge is 1.00 e. The third-order valence-corrected chi connectivity index (χ3v) is 2.83. The zero-order valence-corrected chi connectivity index (χ0v) is 19.7. The Morgan fingerprint density at radius 1 is 1.48 bits per heavy atom. The number of benzene rings is 1. The first-order valence-corrected chi connectivity index (χ1v) is 9.33. The van der Waals surface area contributed by atoms with Crippen molar-refractivity contribution in [2.75, 3.05) is 0 Å². The molecule has 0 aromatic heterocycles. The molecule has 0 saturated carbocycles. The van der Waals surface area contributed by atoms with Crippen molar-refractivity contribution in [2.45, 2.75) is 26.3 Å². The van der Waals surface area contributed by atoms with E-state index in [4.69, 9.17) is 0 Å². The minimum Gasteiger partial charge on any atom is 1.00 e. The molecular weight excluding hydrogens is 568 g/mol. The van der Waals surface area contributed by atoms with Crippen molar-refractivity contribution in [3.05, 3.63) is 28.2 Å².